The molecular formula is C24H34N4O6. The highest BCUT2D eigenvalue weighted by molar-refractivity contribution is 6.37. The summed E-state index contributed by atoms with van der Waals surface area (Å²) in [6.45, 7) is 5.96. The summed E-state index contributed by atoms with van der Waals surface area (Å²) in [5, 5.41) is 7.72. The number of ketones is 1. The second-order valence-corrected chi connectivity index (χ2v) is 9.03. The van der Waals surface area contributed by atoms with Gasteiger partial charge in [-0.25, -0.2) is 4.79 Å². The molecule has 0 radical (unpaired) electrons. The van der Waals surface area contributed by atoms with E-state index in [0.717, 1.165) is 5.56 Å². The van der Waals surface area contributed by atoms with Crippen LogP contribution >= 0.6 is 0 Å². The summed E-state index contributed by atoms with van der Waals surface area (Å²) >= 11 is 0. The van der Waals surface area contributed by atoms with E-state index >= 15 is 0 Å². The number of amides is 4. The van der Waals surface area contributed by atoms with Crippen molar-refractivity contribution in [2.45, 2.75) is 64.6 Å². The minimum absolute atomic E-state index is 0.0312. The summed E-state index contributed by atoms with van der Waals surface area (Å²) in [6.07, 6.45) is 0.0130. The number of ether oxygens (including phenoxy) is 1. The molecule has 4 unspecified atom stereocenters. The van der Waals surface area contributed by atoms with E-state index in [1.165, 1.54) is 0 Å². The number of carbonyl (C=O) groups excluding carboxylic acids is 5. The predicted octanol–water partition coefficient (Wildman–Crippen LogP) is 0.824. The maximum atomic E-state index is 13.0. The number of hydrogen-bond donors (Lipinski definition) is 4. The Balaban J connectivity index is 2.03. The number of hydrogen-bond acceptors (Lipinski definition) is 6. The molecule has 0 spiro atoms. The monoisotopic (exact) mass is 474 g/mol. The first-order valence-corrected chi connectivity index (χ1v) is 11.5. The van der Waals surface area contributed by atoms with Crippen LogP contribution in [0.2, 0.25) is 0 Å². The van der Waals surface area contributed by atoms with Gasteiger partial charge in [0.1, 0.15) is 12.1 Å². The van der Waals surface area contributed by atoms with Gasteiger partial charge in [0.2, 0.25) is 17.6 Å². The Bertz CT molecular complexity index is 889. The average Bonchev–Trinajstić information content (AvgIpc) is 3.16. The smallest absolute Gasteiger partial charge is 0.408 e. The van der Waals surface area contributed by atoms with Crippen molar-refractivity contribution in [2.24, 2.45) is 17.6 Å². The highest BCUT2D eigenvalue weighted by Gasteiger charge is 2.35. The third-order valence-corrected chi connectivity index (χ3v) is 5.55. The lowest BCUT2D eigenvalue weighted by Crippen LogP contribution is -2.54. The Morgan fingerprint density at radius 2 is 1.76 bits per heavy atom. The van der Waals surface area contributed by atoms with Gasteiger partial charge in [-0.1, -0.05) is 44.2 Å². The van der Waals surface area contributed by atoms with Crippen LogP contribution in [-0.2, 0) is 30.3 Å². The molecule has 0 aromatic heterocycles. The molecule has 1 fully saturated rings. The molecule has 1 aromatic carbocycles. The van der Waals surface area contributed by atoms with Crippen molar-refractivity contribution in [3.63, 3.8) is 0 Å². The quantitative estimate of drug-likeness (QED) is 0.329. The third kappa shape index (κ3) is 8.49. The largest absolute Gasteiger partial charge is 0.446 e. The van der Waals surface area contributed by atoms with Crippen LogP contribution in [0.1, 0.15) is 45.6 Å². The lowest BCUT2D eigenvalue weighted by Gasteiger charge is -2.25. The lowest BCUT2D eigenvalue weighted by molar-refractivity contribution is -0.139. The standard InChI is InChI=1S/C24H34N4O6/c1-14(2)11-19(28-24(33)34-15(3)12-16-7-5-4-6-8-16)23(32)27-18(20(29)21(25)30)13-17-9-10-26-22(17)31/h4-8,14-15,17-19H,9-13H2,1-3H3,(H2,25,30)(H,26,31)(H,27,32)(H,28,33). The van der Waals surface area contributed by atoms with Crippen LogP contribution in [0.15, 0.2) is 30.3 Å². The Morgan fingerprint density at radius 1 is 1.09 bits per heavy atom. The molecule has 0 bridgehead atoms. The van der Waals surface area contributed by atoms with Crippen molar-refractivity contribution >= 4 is 29.6 Å². The van der Waals surface area contributed by atoms with Crippen LogP contribution in [0.3, 0.4) is 0 Å². The molecule has 1 saturated heterocycles. The van der Waals surface area contributed by atoms with E-state index in [2.05, 4.69) is 16.0 Å². The number of nitrogens with two attached hydrogens (primary N) is 1. The van der Waals surface area contributed by atoms with Crippen LogP contribution in [0.25, 0.3) is 0 Å². The number of benzene rings is 1. The summed E-state index contributed by atoms with van der Waals surface area (Å²) in [6, 6.07) is 7.27. The van der Waals surface area contributed by atoms with Gasteiger partial charge >= 0.3 is 6.09 Å². The van der Waals surface area contributed by atoms with E-state index in [9.17, 15) is 24.0 Å². The summed E-state index contributed by atoms with van der Waals surface area (Å²) in [4.78, 5) is 61.2. The van der Waals surface area contributed by atoms with Crippen molar-refractivity contribution in [1.82, 2.24) is 16.0 Å². The highest BCUT2D eigenvalue weighted by Crippen LogP contribution is 2.17. The number of Topliss-reactive ketones (excluding diaryl/α,β-unsaturated/α-hetero) is 1. The fourth-order valence-corrected chi connectivity index (χ4v) is 3.88. The first-order chi connectivity index (χ1) is 16.1. The fraction of sp³-hybridized carbons (Fsp3) is 0.542. The number of rotatable bonds is 12. The molecule has 4 atom stereocenters. The van der Waals surface area contributed by atoms with Crippen LogP contribution in [0.5, 0.6) is 0 Å². The van der Waals surface area contributed by atoms with Gasteiger partial charge in [0, 0.05) is 18.9 Å². The Morgan fingerprint density at radius 3 is 2.32 bits per heavy atom. The molecule has 186 valence electrons. The Hall–Kier alpha value is -3.43. The Kier molecular flexibility index (Phi) is 10.0. The number of alkyl carbamates (subject to hydrolysis) is 1. The number of carbonyl (C=O) groups is 5. The van der Waals surface area contributed by atoms with Crippen LogP contribution in [-0.4, -0.2) is 54.3 Å². The maximum Gasteiger partial charge on any atom is 0.408 e. The zero-order valence-electron chi connectivity index (χ0n) is 19.8. The SMILES string of the molecule is CC(C)CC(NC(=O)OC(C)Cc1ccccc1)C(=O)NC(CC1CCNC1=O)C(=O)C(N)=O. The maximum absolute atomic E-state index is 13.0. The molecular weight excluding hydrogens is 440 g/mol. The third-order valence-electron chi connectivity index (χ3n) is 5.55. The second-order valence-electron chi connectivity index (χ2n) is 9.03. The van der Waals surface area contributed by atoms with Gasteiger partial charge in [-0.2, -0.15) is 0 Å². The Labute approximate surface area is 199 Å². The van der Waals surface area contributed by atoms with Gasteiger partial charge in [-0.15, -0.1) is 0 Å². The van der Waals surface area contributed by atoms with Gasteiger partial charge in [-0.3, -0.25) is 19.2 Å². The van der Waals surface area contributed by atoms with E-state index in [-0.39, 0.29) is 24.7 Å². The molecule has 4 amide bonds. The van der Waals surface area contributed by atoms with Gasteiger partial charge in [0.25, 0.3) is 5.91 Å². The second kappa shape index (κ2) is 12.7. The molecule has 1 aromatic rings. The van der Waals surface area contributed by atoms with E-state index in [4.69, 9.17) is 10.5 Å². The molecule has 10 heteroatoms. The molecule has 10 nitrogen and oxygen atoms in total. The molecule has 1 aliphatic rings. The molecule has 0 saturated carbocycles. The molecule has 34 heavy (non-hydrogen) atoms. The molecule has 1 aliphatic heterocycles. The van der Waals surface area contributed by atoms with Gasteiger partial charge in [-0.05, 0) is 37.7 Å². The number of primary amides is 1. The summed E-state index contributed by atoms with van der Waals surface area (Å²) in [7, 11) is 0. The van der Waals surface area contributed by atoms with E-state index in [1.54, 1.807) is 6.92 Å². The minimum Gasteiger partial charge on any atom is -0.446 e. The van der Waals surface area contributed by atoms with Gasteiger partial charge < -0.3 is 26.4 Å². The van der Waals surface area contributed by atoms with E-state index in [1.807, 2.05) is 44.2 Å². The van der Waals surface area contributed by atoms with Gasteiger partial charge in [0.05, 0.1) is 6.04 Å². The zero-order valence-corrected chi connectivity index (χ0v) is 19.8. The van der Waals surface area contributed by atoms with Crippen molar-refractivity contribution < 1.29 is 28.7 Å². The van der Waals surface area contributed by atoms with E-state index < -0.39 is 47.8 Å². The van der Waals surface area contributed by atoms with Crippen molar-refractivity contribution in [1.29, 1.82) is 0 Å². The highest BCUT2D eigenvalue weighted by atomic mass is 16.6. The predicted molar refractivity (Wildman–Crippen MR) is 124 cm³/mol. The first kappa shape index (κ1) is 26.8. The minimum atomic E-state index is -1.26. The summed E-state index contributed by atoms with van der Waals surface area (Å²) in [5.74, 6) is -3.58. The van der Waals surface area contributed by atoms with Crippen molar-refractivity contribution in [2.75, 3.05) is 6.54 Å². The topological polar surface area (TPSA) is 157 Å². The van der Waals surface area contributed by atoms with Crippen molar-refractivity contribution in [3.8, 4) is 0 Å². The normalized spacial score (nSPS) is 17.9. The zero-order chi connectivity index (χ0) is 25.3. The molecule has 2 rings (SSSR count). The lowest BCUT2D eigenvalue weighted by atomic mass is 9.94. The van der Waals surface area contributed by atoms with Crippen molar-refractivity contribution in [3.05, 3.63) is 35.9 Å². The van der Waals surface area contributed by atoms with Crippen LogP contribution in [0, 0.1) is 11.8 Å². The van der Waals surface area contributed by atoms with Gasteiger partial charge in [0.15, 0.2) is 0 Å². The van der Waals surface area contributed by atoms with Crippen LogP contribution < -0.4 is 21.7 Å². The van der Waals surface area contributed by atoms with E-state index in [0.29, 0.717) is 19.4 Å². The molecule has 1 heterocycles. The summed E-state index contributed by atoms with van der Waals surface area (Å²) in [5.41, 5.74) is 6.15. The molecule has 5 N–H and O–H groups in total. The molecule has 0 aliphatic carbocycles. The number of nitrogens with one attached hydrogen (secondary N) is 3. The first-order valence-electron chi connectivity index (χ1n) is 11.5. The summed E-state index contributed by atoms with van der Waals surface area (Å²) < 4.78 is 5.40. The average molecular weight is 475 g/mol. The van der Waals surface area contributed by atoms with Crippen LogP contribution in [0.4, 0.5) is 4.79 Å². The fourth-order valence-electron chi connectivity index (χ4n) is 3.88.